The highest BCUT2D eigenvalue weighted by atomic mass is 32.2. The van der Waals surface area contributed by atoms with Gasteiger partial charge in [-0.15, -0.1) is 0 Å². The van der Waals surface area contributed by atoms with Crippen molar-refractivity contribution in [1.82, 2.24) is 5.32 Å². The number of sulfone groups is 1. The van der Waals surface area contributed by atoms with Crippen LogP contribution in [0.2, 0.25) is 0 Å². The van der Waals surface area contributed by atoms with Gasteiger partial charge in [0.05, 0.1) is 19.4 Å². The Morgan fingerprint density at radius 3 is 2.16 bits per heavy atom. The normalized spacial score (nSPS) is 11.0. The Bertz CT molecular complexity index is 798. The summed E-state index contributed by atoms with van der Waals surface area (Å²) in [6, 6.07) is 13.7. The van der Waals surface area contributed by atoms with Crippen molar-refractivity contribution < 1.29 is 22.7 Å². The van der Waals surface area contributed by atoms with Crippen LogP contribution < -0.4 is 14.8 Å². The number of carbonyl (C=O) groups excluding carboxylic acids is 1. The van der Waals surface area contributed by atoms with Gasteiger partial charge < -0.3 is 14.8 Å². The Labute approximate surface area is 147 Å². The molecule has 0 radical (unpaired) electrons. The average Bonchev–Trinajstić information content (AvgIpc) is 2.58. The highest BCUT2D eigenvalue weighted by Gasteiger charge is 2.08. The van der Waals surface area contributed by atoms with Crippen LogP contribution in [0.25, 0.3) is 0 Å². The minimum Gasteiger partial charge on any atom is -0.497 e. The molecule has 0 atom stereocenters. The number of ether oxygens (including phenoxy) is 2. The molecule has 1 N–H and O–H groups in total. The number of carbonyl (C=O) groups is 1. The zero-order valence-electron chi connectivity index (χ0n) is 14.2. The number of methoxy groups -OCH3 is 1. The molecule has 0 unspecified atom stereocenters. The Kier molecular flexibility index (Phi) is 6.41. The van der Waals surface area contributed by atoms with Gasteiger partial charge in [0, 0.05) is 11.8 Å². The largest absolute Gasteiger partial charge is 0.497 e. The Morgan fingerprint density at radius 1 is 1.00 bits per heavy atom. The predicted molar refractivity (Wildman–Crippen MR) is 95.8 cm³/mol. The minimum absolute atomic E-state index is 0.0371. The van der Waals surface area contributed by atoms with Gasteiger partial charge in [0.25, 0.3) is 5.91 Å². The molecule has 7 heteroatoms. The van der Waals surface area contributed by atoms with Crippen molar-refractivity contribution in [3.8, 4) is 11.5 Å². The molecule has 0 bridgehead atoms. The van der Waals surface area contributed by atoms with Gasteiger partial charge in [-0.1, -0.05) is 12.1 Å². The smallest absolute Gasteiger partial charge is 0.251 e. The number of hydrogen-bond acceptors (Lipinski definition) is 5. The topological polar surface area (TPSA) is 81.7 Å². The lowest BCUT2D eigenvalue weighted by Crippen LogP contribution is -2.28. The van der Waals surface area contributed by atoms with E-state index in [4.69, 9.17) is 9.47 Å². The molecule has 0 aliphatic heterocycles. The second-order valence-corrected chi connectivity index (χ2v) is 7.69. The predicted octanol–water partition coefficient (Wildman–Crippen LogP) is 2.05. The first-order chi connectivity index (χ1) is 11.9. The summed E-state index contributed by atoms with van der Waals surface area (Å²) in [6.45, 7) is 0.695. The number of amides is 1. The van der Waals surface area contributed by atoms with E-state index in [1.165, 1.54) is 6.26 Å². The third kappa shape index (κ3) is 6.46. The lowest BCUT2D eigenvalue weighted by atomic mass is 10.1. The Balaban J connectivity index is 1.77. The fraction of sp³-hybridized carbons (Fsp3) is 0.278. The maximum Gasteiger partial charge on any atom is 0.251 e. The molecule has 0 spiro atoms. The summed E-state index contributed by atoms with van der Waals surface area (Å²) in [7, 11) is -1.49. The van der Waals surface area contributed by atoms with Gasteiger partial charge >= 0.3 is 0 Å². The third-order valence-electron chi connectivity index (χ3n) is 3.36. The molecule has 0 aromatic heterocycles. The van der Waals surface area contributed by atoms with Crippen LogP contribution in [0.1, 0.15) is 15.9 Å². The maximum absolute atomic E-state index is 12.0. The van der Waals surface area contributed by atoms with Crippen molar-refractivity contribution >= 4 is 15.7 Å². The molecule has 2 aromatic carbocycles. The SMILES string of the molecule is COc1ccc(OCCNC(=O)c2ccc(CS(C)(=O)=O)cc2)cc1. The van der Waals surface area contributed by atoms with Crippen molar-refractivity contribution in [3.63, 3.8) is 0 Å². The van der Waals surface area contributed by atoms with Crippen molar-refractivity contribution in [2.45, 2.75) is 5.75 Å². The lowest BCUT2D eigenvalue weighted by Gasteiger charge is -2.09. The van der Waals surface area contributed by atoms with Gasteiger partial charge in [0.1, 0.15) is 18.1 Å². The molecule has 0 aliphatic carbocycles. The van der Waals surface area contributed by atoms with Crippen LogP contribution >= 0.6 is 0 Å². The highest BCUT2D eigenvalue weighted by molar-refractivity contribution is 7.89. The van der Waals surface area contributed by atoms with Crippen LogP contribution in [-0.2, 0) is 15.6 Å². The summed E-state index contributed by atoms with van der Waals surface area (Å²) in [5.74, 6) is 1.18. The van der Waals surface area contributed by atoms with E-state index in [-0.39, 0.29) is 11.7 Å². The molecule has 6 nitrogen and oxygen atoms in total. The first-order valence-electron chi connectivity index (χ1n) is 7.69. The Hall–Kier alpha value is -2.54. The van der Waals surface area contributed by atoms with Crippen LogP contribution in [-0.4, -0.2) is 40.8 Å². The lowest BCUT2D eigenvalue weighted by molar-refractivity contribution is 0.0947. The first-order valence-corrected chi connectivity index (χ1v) is 9.75. The molecule has 2 aromatic rings. The van der Waals surface area contributed by atoms with E-state index in [2.05, 4.69) is 5.32 Å². The molecule has 0 saturated heterocycles. The molecule has 0 aliphatic rings. The highest BCUT2D eigenvalue weighted by Crippen LogP contribution is 2.16. The molecule has 0 heterocycles. The van der Waals surface area contributed by atoms with E-state index >= 15 is 0 Å². The molecule has 134 valence electrons. The quantitative estimate of drug-likeness (QED) is 0.726. The summed E-state index contributed by atoms with van der Waals surface area (Å²) in [6.07, 6.45) is 1.18. The zero-order valence-corrected chi connectivity index (χ0v) is 15.0. The molecule has 2 rings (SSSR count). The van der Waals surface area contributed by atoms with Crippen molar-refractivity contribution in [2.24, 2.45) is 0 Å². The van der Waals surface area contributed by atoms with Crippen LogP contribution in [0.3, 0.4) is 0 Å². The number of rotatable bonds is 8. The van der Waals surface area contributed by atoms with Gasteiger partial charge in [-0.2, -0.15) is 0 Å². The fourth-order valence-corrected chi connectivity index (χ4v) is 2.96. The summed E-state index contributed by atoms with van der Waals surface area (Å²) >= 11 is 0. The summed E-state index contributed by atoms with van der Waals surface area (Å²) in [5, 5.41) is 2.75. The molecule has 0 fully saturated rings. The number of nitrogens with one attached hydrogen (secondary N) is 1. The zero-order chi connectivity index (χ0) is 18.3. The number of benzene rings is 2. The molecule has 25 heavy (non-hydrogen) atoms. The standard InChI is InChI=1S/C18H21NO5S/c1-23-16-7-9-17(10-8-16)24-12-11-19-18(20)15-5-3-14(4-6-15)13-25(2,21)22/h3-10H,11-13H2,1-2H3,(H,19,20). The van der Waals surface area contributed by atoms with Gasteiger partial charge in [0.15, 0.2) is 9.84 Å². The third-order valence-corrected chi connectivity index (χ3v) is 4.22. The van der Waals surface area contributed by atoms with E-state index in [0.717, 1.165) is 5.75 Å². The first kappa shape index (κ1) is 18.8. The van der Waals surface area contributed by atoms with Crippen molar-refractivity contribution in [2.75, 3.05) is 26.5 Å². The van der Waals surface area contributed by atoms with Crippen molar-refractivity contribution in [3.05, 3.63) is 59.7 Å². The van der Waals surface area contributed by atoms with Crippen LogP contribution in [0.5, 0.6) is 11.5 Å². The van der Waals surface area contributed by atoms with Gasteiger partial charge in [-0.25, -0.2) is 8.42 Å². The van der Waals surface area contributed by atoms with E-state index in [0.29, 0.717) is 30.0 Å². The van der Waals surface area contributed by atoms with Gasteiger partial charge in [-0.05, 0) is 42.0 Å². The Morgan fingerprint density at radius 2 is 1.60 bits per heavy atom. The number of hydrogen-bond donors (Lipinski definition) is 1. The fourth-order valence-electron chi connectivity index (χ4n) is 2.16. The molecule has 0 saturated carbocycles. The van der Waals surface area contributed by atoms with E-state index < -0.39 is 9.84 Å². The summed E-state index contributed by atoms with van der Waals surface area (Å²) < 4.78 is 33.1. The van der Waals surface area contributed by atoms with Crippen LogP contribution in [0.4, 0.5) is 0 Å². The molecular weight excluding hydrogens is 342 g/mol. The van der Waals surface area contributed by atoms with Crippen LogP contribution in [0.15, 0.2) is 48.5 Å². The maximum atomic E-state index is 12.0. The van der Waals surface area contributed by atoms with E-state index in [1.807, 2.05) is 0 Å². The van der Waals surface area contributed by atoms with Crippen LogP contribution in [0, 0.1) is 0 Å². The summed E-state index contributed by atoms with van der Waals surface area (Å²) in [5.41, 5.74) is 1.13. The average molecular weight is 363 g/mol. The van der Waals surface area contributed by atoms with E-state index in [9.17, 15) is 13.2 Å². The molecule has 1 amide bonds. The second kappa shape index (κ2) is 8.53. The van der Waals surface area contributed by atoms with Crippen molar-refractivity contribution in [1.29, 1.82) is 0 Å². The second-order valence-electron chi connectivity index (χ2n) is 5.55. The van der Waals surface area contributed by atoms with E-state index in [1.54, 1.807) is 55.6 Å². The monoisotopic (exact) mass is 363 g/mol. The molecular formula is C18H21NO5S. The van der Waals surface area contributed by atoms with Gasteiger partial charge in [0.2, 0.25) is 0 Å². The van der Waals surface area contributed by atoms with Gasteiger partial charge in [-0.3, -0.25) is 4.79 Å². The minimum atomic E-state index is -3.08. The summed E-state index contributed by atoms with van der Waals surface area (Å²) in [4.78, 5) is 12.0.